The summed E-state index contributed by atoms with van der Waals surface area (Å²) in [5, 5.41) is 1.82. The van der Waals surface area contributed by atoms with Crippen LogP contribution >= 0.6 is 11.6 Å². The Hall–Kier alpha value is -1.71. The molecule has 1 heterocycles. The second kappa shape index (κ2) is 6.59. The summed E-state index contributed by atoms with van der Waals surface area (Å²) in [6, 6.07) is 12.1. The van der Waals surface area contributed by atoms with Crippen molar-refractivity contribution in [2.75, 3.05) is 14.2 Å². The van der Waals surface area contributed by atoms with Gasteiger partial charge >= 0.3 is 0 Å². The fourth-order valence-electron chi connectivity index (χ4n) is 2.84. The molecule has 0 radical (unpaired) electrons. The van der Waals surface area contributed by atoms with E-state index in [9.17, 15) is 0 Å². The van der Waals surface area contributed by atoms with Crippen molar-refractivity contribution in [3.05, 3.63) is 41.4 Å². The molecule has 0 saturated carbocycles. The number of methoxy groups -OCH3 is 2. The molecule has 22 heavy (non-hydrogen) atoms. The van der Waals surface area contributed by atoms with Crippen LogP contribution in [0.4, 0.5) is 0 Å². The third-order valence-corrected chi connectivity index (χ3v) is 4.06. The summed E-state index contributed by atoms with van der Waals surface area (Å²) < 4.78 is 13.1. The van der Waals surface area contributed by atoms with Crippen LogP contribution in [0.3, 0.4) is 0 Å². The van der Waals surface area contributed by atoms with Crippen LogP contribution in [0.15, 0.2) is 36.4 Å². The first-order valence-electron chi connectivity index (χ1n) is 6.87. The molecule has 0 aromatic heterocycles. The molecule has 5 heteroatoms. The molecule has 1 aromatic carbocycles. The summed E-state index contributed by atoms with van der Waals surface area (Å²) in [5.74, 6) is 1.30. The minimum atomic E-state index is 0. The van der Waals surface area contributed by atoms with Gasteiger partial charge in [0.1, 0.15) is 11.6 Å². The minimum absolute atomic E-state index is 0. The summed E-state index contributed by atoms with van der Waals surface area (Å²) >= 11 is 6.55. The van der Waals surface area contributed by atoms with Gasteiger partial charge in [-0.05, 0) is 19.1 Å². The molecule has 0 N–H and O–H groups in total. The zero-order valence-corrected chi connectivity index (χ0v) is 14.2. The number of benzene rings is 1. The summed E-state index contributed by atoms with van der Waals surface area (Å²) in [7, 11) is 3.25. The van der Waals surface area contributed by atoms with Gasteiger partial charge in [-0.15, -0.1) is 0 Å². The molecule has 1 aromatic rings. The smallest absolute Gasteiger partial charge is 0.232 e. The number of aromatic nitrogens is 1. The average molecular weight is 338 g/mol. The molecule has 116 valence electrons. The van der Waals surface area contributed by atoms with Crippen LogP contribution in [0, 0.1) is 0 Å². The first-order valence-corrected chi connectivity index (χ1v) is 7.24. The highest BCUT2D eigenvalue weighted by Crippen LogP contribution is 2.40. The monoisotopic (exact) mass is 337 g/mol. The highest BCUT2D eigenvalue weighted by molar-refractivity contribution is 6.33. The van der Waals surface area contributed by atoms with Crippen LogP contribution in [0.1, 0.15) is 6.92 Å². The molecule has 0 unspecified atom stereocenters. The van der Waals surface area contributed by atoms with E-state index in [4.69, 9.17) is 21.1 Å². The lowest BCUT2D eigenvalue weighted by Gasteiger charge is -2.02. The molecule has 0 bridgehead atoms. The lowest BCUT2D eigenvalue weighted by atomic mass is 10.1. The first-order chi connectivity index (χ1) is 10.2. The van der Waals surface area contributed by atoms with Gasteiger partial charge < -0.3 is 21.9 Å². The zero-order chi connectivity index (χ0) is 15.0. The van der Waals surface area contributed by atoms with E-state index in [2.05, 4.69) is 23.6 Å². The van der Waals surface area contributed by atoms with E-state index >= 15 is 0 Å². The lowest BCUT2D eigenvalue weighted by molar-refractivity contribution is -0.654. The van der Waals surface area contributed by atoms with Crippen LogP contribution in [-0.4, -0.2) is 14.2 Å². The zero-order valence-electron chi connectivity index (χ0n) is 12.7. The Morgan fingerprint density at radius 1 is 1.05 bits per heavy atom. The van der Waals surface area contributed by atoms with E-state index in [1.165, 1.54) is 5.52 Å². The van der Waals surface area contributed by atoms with Crippen LogP contribution < -0.4 is 26.4 Å². The minimum Gasteiger partial charge on any atom is -1.00 e. The Bertz CT molecular complexity index is 789. The molecule has 0 saturated heterocycles. The van der Waals surface area contributed by atoms with Gasteiger partial charge in [-0.3, -0.25) is 0 Å². The molecular formula is C17H17Cl2NO2. The first kappa shape index (κ1) is 16.7. The number of hydrogen-bond acceptors (Lipinski definition) is 2. The predicted molar refractivity (Wildman–Crippen MR) is 84.6 cm³/mol. The second-order valence-corrected chi connectivity index (χ2v) is 5.20. The van der Waals surface area contributed by atoms with Crippen molar-refractivity contribution in [3.8, 4) is 22.8 Å². The highest BCUT2D eigenvalue weighted by Gasteiger charge is 2.28. The topological polar surface area (TPSA) is 22.3 Å². The van der Waals surface area contributed by atoms with E-state index in [1.54, 1.807) is 14.2 Å². The van der Waals surface area contributed by atoms with Crippen molar-refractivity contribution < 1.29 is 26.4 Å². The van der Waals surface area contributed by atoms with Gasteiger partial charge in [0.25, 0.3) is 0 Å². The summed E-state index contributed by atoms with van der Waals surface area (Å²) in [6.45, 7) is 2.96. The molecular weight excluding hydrogens is 321 g/mol. The Kier molecular flexibility index (Phi) is 4.99. The molecule has 0 amide bonds. The number of ether oxygens (including phenoxy) is 2. The van der Waals surface area contributed by atoms with Gasteiger partial charge in [0, 0.05) is 12.1 Å². The normalized spacial score (nSPS) is 10.5. The van der Waals surface area contributed by atoms with Gasteiger partial charge in [-0.2, -0.15) is 4.57 Å². The van der Waals surface area contributed by atoms with E-state index < -0.39 is 0 Å². The number of nitrogens with zero attached hydrogens (tertiary/aromatic N) is 1. The number of para-hydroxylation sites is 1. The third-order valence-electron chi connectivity index (χ3n) is 3.77. The number of hydrogen-bond donors (Lipinski definition) is 0. The van der Waals surface area contributed by atoms with Crippen molar-refractivity contribution in [1.29, 1.82) is 0 Å². The molecule has 1 aliphatic heterocycles. The highest BCUT2D eigenvalue weighted by atomic mass is 35.5. The van der Waals surface area contributed by atoms with Crippen molar-refractivity contribution in [3.63, 3.8) is 0 Å². The standard InChI is InChI=1S/C17H17ClNO2.ClH/c1-4-19-14-8-6-5-7-11(14)12-9-15(20-2)16(21-3)10-13(18)17(12)19;/h5-10H,4H2,1-3H3;1H/q+1;/p-1. The molecule has 3 nitrogen and oxygen atoms in total. The fraction of sp³-hybridized carbons (Fsp3) is 0.235. The fourth-order valence-corrected chi connectivity index (χ4v) is 3.14. The largest absolute Gasteiger partial charge is 1.00 e. The molecule has 0 atom stereocenters. The van der Waals surface area contributed by atoms with Gasteiger partial charge in [0.2, 0.25) is 11.2 Å². The van der Waals surface area contributed by atoms with Crippen molar-refractivity contribution in [2.24, 2.45) is 0 Å². The second-order valence-electron chi connectivity index (χ2n) is 4.80. The molecule has 0 spiro atoms. The lowest BCUT2D eigenvalue weighted by Crippen LogP contribution is -3.00. The van der Waals surface area contributed by atoms with Crippen LogP contribution in [-0.2, 0) is 6.54 Å². The molecule has 3 rings (SSSR count). The van der Waals surface area contributed by atoms with E-state index in [0.717, 1.165) is 23.2 Å². The molecule has 0 fully saturated rings. The summed E-state index contributed by atoms with van der Waals surface area (Å²) in [4.78, 5) is 0. The Morgan fingerprint density at radius 2 is 1.68 bits per heavy atom. The van der Waals surface area contributed by atoms with Gasteiger partial charge in [0.05, 0.1) is 25.2 Å². The number of aryl methyl sites for hydroxylation is 1. The van der Waals surface area contributed by atoms with Crippen molar-refractivity contribution >= 4 is 22.5 Å². The molecule has 1 aliphatic carbocycles. The molecule has 2 aliphatic rings. The van der Waals surface area contributed by atoms with Crippen molar-refractivity contribution in [1.82, 2.24) is 0 Å². The average Bonchev–Trinajstić information content (AvgIpc) is 2.76. The van der Waals surface area contributed by atoms with E-state index in [0.29, 0.717) is 16.5 Å². The maximum atomic E-state index is 6.55. The summed E-state index contributed by atoms with van der Waals surface area (Å²) in [5.41, 5.74) is 3.24. The van der Waals surface area contributed by atoms with Gasteiger partial charge in [-0.25, -0.2) is 0 Å². The van der Waals surface area contributed by atoms with Crippen molar-refractivity contribution in [2.45, 2.75) is 13.5 Å². The number of halogens is 2. The van der Waals surface area contributed by atoms with E-state index in [-0.39, 0.29) is 12.4 Å². The number of fused-ring (bicyclic) bond motifs is 3. The summed E-state index contributed by atoms with van der Waals surface area (Å²) in [6.07, 6.45) is 0. The Labute approximate surface area is 141 Å². The quantitative estimate of drug-likeness (QED) is 0.663. The van der Waals surface area contributed by atoms with Crippen LogP contribution in [0.5, 0.6) is 11.5 Å². The number of rotatable bonds is 3. The van der Waals surface area contributed by atoms with Crippen LogP contribution in [0.2, 0.25) is 5.02 Å². The SMILES string of the molecule is CC[n+]1c2c(Cl)cc(OC)c(OC)cc-2c2ccccc21.[Cl-]. The maximum Gasteiger partial charge on any atom is 0.232 e. The van der Waals surface area contributed by atoms with E-state index in [1.807, 2.05) is 24.3 Å². The van der Waals surface area contributed by atoms with Gasteiger partial charge in [0.15, 0.2) is 11.5 Å². The van der Waals surface area contributed by atoms with Crippen LogP contribution in [0.25, 0.3) is 22.2 Å². The predicted octanol–water partition coefficient (Wildman–Crippen LogP) is 0.927. The van der Waals surface area contributed by atoms with Gasteiger partial charge in [-0.1, -0.05) is 23.7 Å². The maximum absolute atomic E-state index is 6.55. The Balaban J connectivity index is 0.00000176. The third kappa shape index (κ3) is 2.44. The Morgan fingerprint density at radius 3 is 2.32 bits per heavy atom.